The van der Waals surface area contributed by atoms with Crippen LogP contribution in [0.5, 0.6) is 0 Å². The van der Waals surface area contributed by atoms with Gasteiger partial charge in [-0.15, -0.1) is 10.2 Å². The Labute approximate surface area is 138 Å². The first kappa shape index (κ1) is 16.6. The van der Waals surface area contributed by atoms with Gasteiger partial charge in [-0.3, -0.25) is 0 Å². The van der Waals surface area contributed by atoms with Crippen LogP contribution in [-0.4, -0.2) is 10.2 Å². The van der Waals surface area contributed by atoms with Crippen LogP contribution < -0.4 is 5.73 Å². The summed E-state index contributed by atoms with van der Waals surface area (Å²) in [6.07, 6.45) is 0.919. The number of quaternary nitrogens is 1. The van der Waals surface area contributed by atoms with Gasteiger partial charge in [0.25, 0.3) is 11.1 Å². The van der Waals surface area contributed by atoms with Gasteiger partial charge in [-0.1, -0.05) is 54.9 Å². The van der Waals surface area contributed by atoms with E-state index in [9.17, 15) is 0 Å². The Balaban J connectivity index is 2.00. The highest BCUT2D eigenvalue weighted by atomic mass is 35.5. The minimum absolute atomic E-state index is 0.0238. The minimum Gasteiger partial charge on any atom is -0.410 e. The Morgan fingerprint density at radius 3 is 2.52 bits per heavy atom. The average molecular weight is 347 g/mol. The summed E-state index contributed by atoms with van der Waals surface area (Å²) < 4.78 is 5.64. The average Bonchev–Trinajstić information content (AvgIpc) is 2.86. The third kappa shape index (κ3) is 4.61. The van der Waals surface area contributed by atoms with Crippen molar-refractivity contribution in [2.75, 3.05) is 0 Å². The fourth-order valence-electron chi connectivity index (χ4n) is 1.92. The quantitative estimate of drug-likeness (QED) is 0.802. The summed E-state index contributed by atoms with van der Waals surface area (Å²) in [6, 6.07) is 5.48. The number of aromatic nitrogens is 2. The minimum atomic E-state index is 0.0238. The fraction of sp³-hybridized carbons (Fsp3) is 0.429. The number of benzene rings is 1. The summed E-state index contributed by atoms with van der Waals surface area (Å²) in [5, 5.41) is 9.90. The van der Waals surface area contributed by atoms with Crippen LogP contribution in [0.2, 0.25) is 10.0 Å². The molecule has 0 saturated heterocycles. The highest BCUT2D eigenvalue weighted by Gasteiger charge is 2.19. The van der Waals surface area contributed by atoms with E-state index in [1.807, 2.05) is 18.2 Å². The van der Waals surface area contributed by atoms with Crippen LogP contribution in [0.3, 0.4) is 0 Å². The Hall–Kier alpha value is -0.750. The van der Waals surface area contributed by atoms with E-state index in [0.29, 0.717) is 32.8 Å². The summed E-state index contributed by atoms with van der Waals surface area (Å²) in [5.41, 5.74) is 4.93. The molecule has 114 valence electrons. The molecule has 0 spiro atoms. The molecule has 1 atom stereocenters. The second-order valence-corrected chi connectivity index (χ2v) is 6.96. The molecule has 3 N–H and O–H groups in total. The van der Waals surface area contributed by atoms with Crippen LogP contribution in [0, 0.1) is 5.92 Å². The summed E-state index contributed by atoms with van der Waals surface area (Å²) in [4.78, 5) is 0. The first-order valence-electron chi connectivity index (χ1n) is 6.69. The van der Waals surface area contributed by atoms with Gasteiger partial charge >= 0.3 is 0 Å². The van der Waals surface area contributed by atoms with Crippen molar-refractivity contribution < 1.29 is 10.2 Å². The summed E-state index contributed by atoms with van der Waals surface area (Å²) in [5.74, 6) is 1.71. The lowest BCUT2D eigenvalue weighted by molar-refractivity contribution is -0.435. The molecule has 1 heterocycles. The summed E-state index contributed by atoms with van der Waals surface area (Å²) in [6.45, 7) is 4.28. The second kappa shape index (κ2) is 7.49. The zero-order chi connectivity index (χ0) is 15.4. The Bertz CT molecular complexity index is 583. The van der Waals surface area contributed by atoms with Crippen molar-refractivity contribution >= 4 is 35.0 Å². The van der Waals surface area contributed by atoms with E-state index in [4.69, 9.17) is 27.6 Å². The molecule has 0 aliphatic heterocycles. The molecule has 4 nitrogen and oxygen atoms in total. The summed E-state index contributed by atoms with van der Waals surface area (Å²) in [7, 11) is 0. The van der Waals surface area contributed by atoms with Crippen LogP contribution in [-0.2, 0) is 5.75 Å². The van der Waals surface area contributed by atoms with Gasteiger partial charge in [-0.2, -0.15) is 0 Å². The third-order valence-electron chi connectivity index (χ3n) is 2.93. The molecule has 0 bridgehead atoms. The highest BCUT2D eigenvalue weighted by molar-refractivity contribution is 7.98. The van der Waals surface area contributed by atoms with E-state index in [-0.39, 0.29) is 6.04 Å². The Kier molecular flexibility index (Phi) is 5.93. The van der Waals surface area contributed by atoms with Crippen LogP contribution >= 0.6 is 35.0 Å². The predicted octanol–water partition coefficient (Wildman–Crippen LogP) is 4.00. The molecule has 1 unspecified atom stereocenters. The van der Waals surface area contributed by atoms with E-state index >= 15 is 0 Å². The van der Waals surface area contributed by atoms with Crippen molar-refractivity contribution in [1.82, 2.24) is 10.2 Å². The largest absolute Gasteiger partial charge is 0.410 e. The van der Waals surface area contributed by atoms with E-state index in [1.165, 1.54) is 11.8 Å². The lowest BCUT2D eigenvalue weighted by Crippen LogP contribution is -2.54. The van der Waals surface area contributed by atoms with Crippen LogP contribution in [0.15, 0.2) is 27.8 Å². The molecular weight excluding hydrogens is 329 g/mol. The zero-order valence-electron chi connectivity index (χ0n) is 12.0. The van der Waals surface area contributed by atoms with Gasteiger partial charge in [0.15, 0.2) is 6.04 Å². The smallest absolute Gasteiger partial charge is 0.277 e. The second-order valence-electron chi connectivity index (χ2n) is 5.22. The molecule has 0 radical (unpaired) electrons. The first-order chi connectivity index (χ1) is 9.97. The molecule has 21 heavy (non-hydrogen) atoms. The number of nitrogens with zero attached hydrogens (tertiary/aromatic N) is 2. The van der Waals surface area contributed by atoms with Gasteiger partial charge in [0.2, 0.25) is 0 Å². The zero-order valence-corrected chi connectivity index (χ0v) is 14.3. The fourth-order valence-corrected chi connectivity index (χ4v) is 3.43. The molecule has 0 fully saturated rings. The lowest BCUT2D eigenvalue weighted by atomic mass is 10.1. The van der Waals surface area contributed by atoms with E-state index < -0.39 is 0 Å². The van der Waals surface area contributed by atoms with Crippen LogP contribution in [0.1, 0.15) is 37.8 Å². The maximum atomic E-state index is 6.13. The summed E-state index contributed by atoms with van der Waals surface area (Å²) >= 11 is 13.7. The SMILES string of the molecule is CC(C)CC([NH3+])c1nnc(SCc2c(Cl)cccc2Cl)o1. The maximum absolute atomic E-state index is 6.13. The number of hydrogen-bond donors (Lipinski definition) is 1. The van der Waals surface area contributed by atoms with Crippen LogP contribution in [0.25, 0.3) is 0 Å². The van der Waals surface area contributed by atoms with Crippen molar-refractivity contribution in [1.29, 1.82) is 0 Å². The van der Waals surface area contributed by atoms with Gasteiger partial charge in [-0.25, -0.2) is 0 Å². The normalized spacial score (nSPS) is 12.9. The van der Waals surface area contributed by atoms with Gasteiger partial charge in [0, 0.05) is 22.2 Å². The molecule has 0 aliphatic rings. The van der Waals surface area contributed by atoms with Crippen molar-refractivity contribution in [2.24, 2.45) is 5.92 Å². The van der Waals surface area contributed by atoms with Gasteiger partial charge in [-0.05, 0) is 23.6 Å². The molecule has 0 saturated carbocycles. The third-order valence-corrected chi connectivity index (χ3v) is 4.48. The van der Waals surface area contributed by atoms with Crippen molar-refractivity contribution in [3.8, 4) is 0 Å². The Morgan fingerprint density at radius 2 is 1.90 bits per heavy atom. The van der Waals surface area contributed by atoms with Crippen molar-refractivity contribution in [3.05, 3.63) is 39.7 Å². The van der Waals surface area contributed by atoms with E-state index in [0.717, 1.165) is 12.0 Å². The monoisotopic (exact) mass is 346 g/mol. The number of rotatable bonds is 6. The number of hydrogen-bond acceptors (Lipinski definition) is 4. The van der Waals surface area contributed by atoms with E-state index in [2.05, 4.69) is 29.8 Å². The van der Waals surface area contributed by atoms with Gasteiger partial charge in [0.1, 0.15) is 0 Å². The number of halogens is 2. The molecule has 7 heteroatoms. The molecule has 1 aromatic heterocycles. The maximum Gasteiger partial charge on any atom is 0.277 e. The first-order valence-corrected chi connectivity index (χ1v) is 8.43. The van der Waals surface area contributed by atoms with Crippen molar-refractivity contribution in [2.45, 2.75) is 37.3 Å². The topological polar surface area (TPSA) is 66.6 Å². The van der Waals surface area contributed by atoms with Crippen LogP contribution in [0.4, 0.5) is 0 Å². The lowest BCUT2D eigenvalue weighted by Gasteiger charge is -2.06. The van der Waals surface area contributed by atoms with Gasteiger partial charge in [0.05, 0.1) is 0 Å². The standard InChI is InChI=1S/C14H17Cl2N3OS/c1-8(2)6-12(17)13-18-19-14(20-13)21-7-9-10(15)4-3-5-11(9)16/h3-5,8,12H,6-7,17H2,1-2H3/p+1. The molecule has 2 aromatic rings. The number of thioether (sulfide) groups is 1. The molecule has 2 rings (SSSR count). The predicted molar refractivity (Wildman–Crippen MR) is 85.4 cm³/mol. The van der Waals surface area contributed by atoms with Crippen molar-refractivity contribution in [3.63, 3.8) is 0 Å². The molecule has 0 amide bonds. The highest BCUT2D eigenvalue weighted by Crippen LogP contribution is 2.31. The molecular formula is C14H18Cl2N3OS+. The van der Waals surface area contributed by atoms with Gasteiger partial charge < -0.3 is 10.2 Å². The molecule has 1 aromatic carbocycles. The van der Waals surface area contributed by atoms with E-state index in [1.54, 1.807) is 0 Å². The Morgan fingerprint density at radius 1 is 1.24 bits per heavy atom. The molecule has 0 aliphatic carbocycles.